The van der Waals surface area contributed by atoms with Crippen LogP contribution in [0, 0.1) is 11.3 Å². The first-order valence-corrected chi connectivity index (χ1v) is 8.29. The van der Waals surface area contributed by atoms with E-state index in [9.17, 15) is 5.26 Å². The zero-order chi connectivity index (χ0) is 14.0. The Labute approximate surface area is 122 Å². The SMILES string of the molecule is CCN(CC1CCCO1)C1CCC(C#N)(NC2CC2)C1. The van der Waals surface area contributed by atoms with Crippen LogP contribution in [0.3, 0.4) is 0 Å². The smallest absolute Gasteiger partial charge is 0.108 e. The maximum atomic E-state index is 9.59. The fraction of sp³-hybridized carbons (Fsp3) is 0.938. The summed E-state index contributed by atoms with van der Waals surface area (Å²) < 4.78 is 5.78. The fourth-order valence-corrected chi connectivity index (χ4v) is 3.80. The molecule has 0 aromatic rings. The van der Waals surface area contributed by atoms with Crippen LogP contribution in [0.5, 0.6) is 0 Å². The Hall–Kier alpha value is -0.630. The average Bonchev–Trinajstić information content (AvgIpc) is 2.96. The van der Waals surface area contributed by atoms with Crippen molar-refractivity contribution in [2.24, 2.45) is 0 Å². The summed E-state index contributed by atoms with van der Waals surface area (Å²) in [6.07, 6.45) is 8.47. The summed E-state index contributed by atoms with van der Waals surface area (Å²) >= 11 is 0. The van der Waals surface area contributed by atoms with Gasteiger partial charge in [-0.3, -0.25) is 10.2 Å². The van der Waals surface area contributed by atoms with Gasteiger partial charge in [-0.05, 0) is 51.5 Å². The van der Waals surface area contributed by atoms with Crippen molar-refractivity contribution in [3.63, 3.8) is 0 Å². The Morgan fingerprint density at radius 2 is 2.20 bits per heavy atom. The van der Waals surface area contributed by atoms with Crippen molar-refractivity contribution in [1.82, 2.24) is 10.2 Å². The van der Waals surface area contributed by atoms with Crippen molar-refractivity contribution in [3.8, 4) is 6.07 Å². The molecule has 0 bridgehead atoms. The molecule has 112 valence electrons. The molecule has 2 aliphatic carbocycles. The van der Waals surface area contributed by atoms with Gasteiger partial charge in [0.2, 0.25) is 0 Å². The maximum absolute atomic E-state index is 9.59. The molecule has 0 spiro atoms. The lowest BCUT2D eigenvalue weighted by Gasteiger charge is -2.31. The third-order valence-corrected chi connectivity index (χ3v) is 5.14. The second-order valence-electron chi connectivity index (χ2n) is 6.73. The number of hydrogen-bond donors (Lipinski definition) is 1. The van der Waals surface area contributed by atoms with Crippen LogP contribution >= 0.6 is 0 Å². The Balaban J connectivity index is 1.57. The van der Waals surface area contributed by atoms with Gasteiger partial charge in [0.15, 0.2) is 0 Å². The first kappa shape index (κ1) is 14.3. The van der Waals surface area contributed by atoms with Crippen LogP contribution in [-0.4, -0.2) is 48.3 Å². The van der Waals surface area contributed by atoms with Gasteiger partial charge in [-0.2, -0.15) is 5.26 Å². The standard InChI is InChI=1S/C16H27N3O/c1-2-19(11-15-4-3-9-20-15)14-7-8-16(10-14,12-17)18-13-5-6-13/h13-15,18H,2-11H2,1H3. The van der Waals surface area contributed by atoms with E-state index >= 15 is 0 Å². The van der Waals surface area contributed by atoms with Gasteiger partial charge < -0.3 is 4.74 Å². The van der Waals surface area contributed by atoms with Crippen LogP contribution in [0.4, 0.5) is 0 Å². The molecule has 2 saturated carbocycles. The highest BCUT2D eigenvalue weighted by Crippen LogP contribution is 2.36. The molecule has 0 aromatic carbocycles. The molecule has 1 aliphatic heterocycles. The Morgan fingerprint density at radius 3 is 2.80 bits per heavy atom. The summed E-state index contributed by atoms with van der Waals surface area (Å²) in [7, 11) is 0. The van der Waals surface area contributed by atoms with Gasteiger partial charge >= 0.3 is 0 Å². The first-order chi connectivity index (χ1) is 9.74. The molecule has 4 nitrogen and oxygen atoms in total. The van der Waals surface area contributed by atoms with Crippen LogP contribution in [0.25, 0.3) is 0 Å². The maximum Gasteiger partial charge on any atom is 0.108 e. The molecule has 1 heterocycles. The monoisotopic (exact) mass is 277 g/mol. The first-order valence-electron chi connectivity index (χ1n) is 8.29. The fourth-order valence-electron chi connectivity index (χ4n) is 3.80. The van der Waals surface area contributed by atoms with Gasteiger partial charge in [-0.15, -0.1) is 0 Å². The summed E-state index contributed by atoms with van der Waals surface area (Å²) in [5, 5.41) is 13.2. The minimum absolute atomic E-state index is 0.254. The zero-order valence-electron chi connectivity index (χ0n) is 12.6. The number of nitrogens with zero attached hydrogens (tertiary/aromatic N) is 2. The van der Waals surface area contributed by atoms with Gasteiger partial charge in [0.05, 0.1) is 12.2 Å². The molecular weight excluding hydrogens is 250 g/mol. The third-order valence-electron chi connectivity index (χ3n) is 5.14. The van der Waals surface area contributed by atoms with Crippen LogP contribution in [-0.2, 0) is 4.74 Å². The quantitative estimate of drug-likeness (QED) is 0.807. The minimum atomic E-state index is -0.254. The molecule has 4 heteroatoms. The number of nitrogens with one attached hydrogen (secondary N) is 1. The van der Waals surface area contributed by atoms with Crippen molar-refractivity contribution in [2.45, 2.75) is 75.6 Å². The number of hydrogen-bond acceptors (Lipinski definition) is 4. The minimum Gasteiger partial charge on any atom is -0.377 e. The van der Waals surface area contributed by atoms with E-state index in [1.54, 1.807) is 0 Å². The van der Waals surface area contributed by atoms with Crippen molar-refractivity contribution >= 4 is 0 Å². The lowest BCUT2D eigenvalue weighted by molar-refractivity contribution is 0.0590. The second kappa shape index (κ2) is 6.01. The lowest BCUT2D eigenvalue weighted by Crippen LogP contribution is -2.46. The molecule has 3 atom stereocenters. The van der Waals surface area contributed by atoms with E-state index in [0.29, 0.717) is 18.2 Å². The van der Waals surface area contributed by atoms with Crippen LogP contribution in [0.2, 0.25) is 0 Å². The summed E-state index contributed by atoms with van der Waals surface area (Å²) in [4.78, 5) is 2.55. The number of likely N-dealkylation sites (N-methyl/N-ethyl adjacent to an activating group) is 1. The van der Waals surface area contributed by atoms with Gasteiger partial charge in [-0.1, -0.05) is 6.92 Å². The largest absolute Gasteiger partial charge is 0.377 e. The van der Waals surface area contributed by atoms with Crippen molar-refractivity contribution in [2.75, 3.05) is 19.7 Å². The summed E-state index contributed by atoms with van der Waals surface area (Å²) in [5.41, 5.74) is -0.254. The van der Waals surface area contributed by atoms with E-state index in [2.05, 4.69) is 23.2 Å². The summed E-state index contributed by atoms with van der Waals surface area (Å²) in [6.45, 7) is 5.27. The van der Waals surface area contributed by atoms with Crippen molar-refractivity contribution in [3.05, 3.63) is 0 Å². The molecular formula is C16H27N3O. The summed E-state index contributed by atoms with van der Waals surface area (Å²) in [6, 6.07) is 3.75. The summed E-state index contributed by atoms with van der Waals surface area (Å²) in [5.74, 6) is 0. The molecule has 1 N–H and O–H groups in total. The van der Waals surface area contributed by atoms with E-state index in [0.717, 1.165) is 39.0 Å². The molecule has 0 radical (unpaired) electrons. The molecule has 3 fully saturated rings. The van der Waals surface area contributed by atoms with Gasteiger partial charge in [0.1, 0.15) is 5.54 Å². The predicted molar refractivity (Wildman–Crippen MR) is 78.4 cm³/mol. The second-order valence-corrected chi connectivity index (χ2v) is 6.73. The Bertz CT molecular complexity index is 370. The topological polar surface area (TPSA) is 48.3 Å². The van der Waals surface area contributed by atoms with Crippen LogP contribution in [0.15, 0.2) is 0 Å². The van der Waals surface area contributed by atoms with Crippen LogP contribution < -0.4 is 5.32 Å². The van der Waals surface area contributed by atoms with E-state index < -0.39 is 0 Å². The van der Waals surface area contributed by atoms with Gasteiger partial charge in [0.25, 0.3) is 0 Å². The van der Waals surface area contributed by atoms with Crippen molar-refractivity contribution in [1.29, 1.82) is 5.26 Å². The molecule has 1 saturated heterocycles. The van der Waals surface area contributed by atoms with E-state index in [1.165, 1.54) is 25.7 Å². The highest BCUT2D eigenvalue weighted by Gasteiger charge is 2.44. The highest BCUT2D eigenvalue weighted by molar-refractivity contribution is 5.15. The van der Waals surface area contributed by atoms with Gasteiger partial charge in [0, 0.05) is 25.2 Å². The molecule has 3 aliphatic rings. The molecule has 3 rings (SSSR count). The molecule has 0 amide bonds. The predicted octanol–water partition coefficient (Wildman–Crippen LogP) is 2.05. The highest BCUT2D eigenvalue weighted by atomic mass is 16.5. The number of ether oxygens (including phenoxy) is 1. The van der Waals surface area contributed by atoms with Gasteiger partial charge in [-0.25, -0.2) is 0 Å². The van der Waals surface area contributed by atoms with Crippen molar-refractivity contribution < 1.29 is 4.74 Å². The molecule has 0 aromatic heterocycles. The zero-order valence-corrected chi connectivity index (χ0v) is 12.6. The number of rotatable bonds is 6. The van der Waals surface area contributed by atoms with E-state index in [-0.39, 0.29) is 5.54 Å². The van der Waals surface area contributed by atoms with E-state index in [4.69, 9.17) is 4.74 Å². The molecule has 3 unspecified atom stereocenters. The third kappa shape index (κ3) is 3.16. The average molecular weight is 277 g/mol. The van der Waals surface area contributed by atoms with Crippen LogP contribution in [0.1, 0.15) is 51.9 Å². The lowest BCUT2D eigenvalue weighted by atomic mass is 9.99. The number of nitriles is 1. The Morgan fingerprint density at radius 1 is 1.35 bits per heavy atom. The molecule has 20 heavy (non-hydrogen) atoms. The van der Waals surface area contributed by atoms with E-state index in [1.807, 2.05) is 0 Å². The Kier molecular flexibility index (Phi) is 4.30. The normalized spacial score (nSPS) is 37.5.